The van der Waals surface area contributed by atoms with E-state index in [1.807, 2.05) is 13.8 Å². The smallest absolute Gasteiger partial charge is 0.308 e. The third-order valence-corrected chi connectivity index (χ3v) is 4.05. The molecule has 1 rings (SSSR count). The monoisotopic (exact) mass is 398 g/mol. The Kier molecular flexibility index (Phi) is 9.86. The van der Waals surface area contributed by atoms with Crippen molar-refractivity contribution in [2.75, 3.05) is 6.61 Å². The minimum Gasteiger partial charge on any atom is -0.492 e. The molecular weight excluding hydrogens is 372 g/mol. The fraction of sp³-hybridized carbons (Fsp3) is 0.550. The van der Waals surface area contributed by atoms with E-state index in [-0.39, 0.29) is 40.0 Å². The molecule has 0 heterocycles. The Hall–Kier alpha value is -2.08. The van der Waals surface area contributed by atoms with Crippen LogP contribution >= 0.6 is 11.6 Å². The van der Waals surface area contributed by atoms with E-state index >= 15 is 0 Å². The van der Waals surface area contributed by atoms with Crippen LogP contribution in [0.1, 0.15) is 76.6 Å². The van der Waals surface area contributed by atoms with Crippen molar-refractivity contribution in [2.45, 2.75) is 66.2 Å². The summed E-state index contributed by atoms with van der Waals surface area (Å²) in [6, 6.07) is 1.40. The van der Waals surface area contributed by atoms with E-state index in [1.54, 1.807) is 0 Å². The van der Waals surface area contributed by atoms with Crippen LogP contribution in [0.4, 0.5) is 0 Å². The molecule has 150 valence electrons. The summed E-state index contributed by atoms with van der Waals surface area (Å²) in [5.74, 6) is -1.50. The lowest BCUT2D eigenvalue weighted by Crippen LogP contribution is -2.13. The molecule has 0 N–H and O–H groups in total. The number of benzene rings is 1. The predicted molar refractivity (Wildman–Crippen MR) is 103 cm³/mol. The van der Waals surface area contributed by atoms with E-state index < -0.39 is 11.9 Å². The van der Waals surface area contributed by atoms with Gasteiger partial charge in [0.25, 0.3) is 0 Å². The van der Waals surface area contributed by atoms with Crippen molar-refractivity contribution in [1.82, 2.24) is 0 Å². The Labute approximate surface area is 165 Å². The zero-order valence-electron chi connectivity index (χ0n) is 16.4. The van der Waals surface area contributed by atoms with Gasteiger partial charge in [-0.1, -0.05) is 44.7 Å². The first-order chi connectivity index (χ1) is 12.8. The number of rotatable bonds is 11. The van der Waals surface area contributed by atoms with E-state index in [4.69, 9.17) is 25.8 Å². The van der Waals surface area contributed by atoms with Crippen molar-refractivity contribution < 1.29 is 28.6 Å². The number of carbonyl (C=O) groups is 3. The molecule has 0 aliphatic rings. The molecule has 1 aromatic carbocycles. The number of unbranched alkanes of at least 4 members (excludes halogenated alkanes) is 3. The number of esters is 2. The van der Waals surface area contributed by atoms with E-state index in [0.717, 1.165) is 25.7 Å². The van der Waals surface area contributed by atoms with Crippen LogP contribution in [0.2, 0.25) is 5.02 Å². The minimum absolute atomic E-state index is 0.00987. The van der Waals surface area contributed by atoms with E-state index in [1.165, 1.54) is 19.9 Å². The quantitative estimate of drug-likeness (QED) is 0.222. The van der Waals surface area contributed by atoms with Gasteiger partial charge in [-0.05, 0) is 12.8 Å². The van der Waals surface area contributed by atoms with Gasteiger partial charge in [-0.25, -0.2) is 0 Å². The highest BCUT2D eigenvalue weighted by atomic mass is 35.5. The maximum Gasteiger partial charge on any atom is 0.308 e. The van der Waals surface area contributed by atoms with Crippen LogP contribution in [-0.4, -0.2) is 24.3 Å². The molecule has 0 saturated carbocycles. The van der Waals surface area contributed by atoms with E-state index in [2.05, 4.69) is 0 Å². The van der Waals surface area contributed by atoms with Gasteiger partial charge >= 0.3 is 11.9 Å². The molecule has 0 bridgehead atoms. The maximum atomic E-state index is 12.8. The van der Waals surface area contributed by atoms with Gasteiger partial charge in [0.15, 0.2) is 11.5 Å². The topological polar surface area (TPSA) is 78.9 Å². The summed E-state index contributed by atoms with van der Waals surface area (Å²) < 4.78 is 16.0. The van der Waals surface area contributed by atoms with E-state index in [0.29, 0.717) is 13.0 Å². The summed E-state index contributed by atoms with van der Waals surface area (Å²) in [5.41, 5.74) is -0.00987. The highest BCUT2D eigenvalue weighted by molar-refractivity contribution is 6.34. The van der Waals surface area contributed by atoms with E-state index in [9.17, 15) is 14.4 Å². The van der Waals surface area contributed by atoms with Crippen LogP contribution in [0.25, 0.3) is 0 Å². The Balaban J connectivity index is 3.43. The Morgan fingerprint density at radius 1 is 0.926 bits per heavy atom. The lowest BCUT2D eigenvalue weighted by atomic mass is 10.0. The van der Waals surface area contributed by atoms with Crippen LogP contribution in [0.15, 0.2) is 6.07 Å². The van der Waals surface area contributed by atoms with Crippen molar-refractivity contribution >= 4 is 29.3 Å². The van der Waals surface area contributed by atoms with Crippen molar-refractivity contribution in [3.8, 4) is 17.2 Å². The second-order valence-electron chi connectivity index (χ2n) is 6.16. The number of hydrogen-bond acceptors (Lipinski definition) is 6. The molecule has 27 heavy (non-hydrogen) atoms. The summed E-state index contributed by atoms with van der Waals surface area (Å²) in [7, 11) is 0. The molecule has 0 amide bonds. The Morgan fingerprint density at radius 3 is 2.11 bits per heavy atom. The number of Topliss-reactive ketones (excluding diaryl/α,β-unsaturated/α-hetero) is 1. The number of ether oxygens (including phenoxy) is 3. The molecule has 0 aliphatic heterocycles. The van der Waals surface area contributed by atoms with Gasteiger partial charge in [0, 0.05) is 26.3 Å². The molecule has 0 fully saturated rings. The number of ketones is 1. The van der Waals surface area contributed by atoms with Gasteiger partial charge < -0.3 is 14.2 Å². The third-order valence-electron chi connectivity index (χ3n) is 3.69. The molecule has 6 nitrogen and oxygen atoms in total. The molecule has 7 heteroatoms. The summed E-state index contributed by atoms with van der Waals surface area (Å²) in [6.07, 6.45) is 4.43. The molecule has 0 saturated heterocycles. The van der Waals surface area contributed by atoms with Crippen molar-refractivity contribution in [1.29, 1.82) is 0 Å². The van der Waals surface area contributed by atoms with Crippen LogP contribution in [0.5, 0.6) is 17.2 Å². The Morgan fingerprint density at radius 2 is 1.56 bits per heavy atom. The van der Waals surface area contributed by atoms with Gasteiger partial charge in [-0.2, -0.15) is 0 Å². The highest BCUT2D eigenvalue weighted by Gasteiger charge is 2.27. The van der Waals surface area contributed by atoms with Crippen LogP contribution in [0, 0.1) is 0 Å². The fourth-order valence-electron chi connectivity index (χ4n) is 2.42. The van der Waals surface area contributed by atoms with Gasteiger partial charge in [0.05, 0.1) is 6.61 Å². The lowest BCUT2D eigenvalue weighted by molar-refractivity contribution is -0.132. The molecule has 0 spiro atoms. The molecule has 0 unspecified atom stereocenters. The molecule has 0 aromatic heterocycles. The molecule has 0 aliphatic carbocycles. The van der Waals surface area contributed by atoms with Gasteiger partial charge in [0.2, 0.25) is 0 Å². The van der Waals surface area contributed by atoms with Crippen molar-refractivity contribution in [3.05, 3.63) is 16.7 Å². The van der Waals surface area contributed by atoms with Crippen LogP contribution in [-0.2, 0) is 9.59 Å². The Bertz CT molecular complexity index is 684. The largest absolute Gasteiger partial charge is 0.492 e. The first-order valence-electron chi connectivity index (χ1n) is 9.21. The maximum absolute atomic E-state index is 12.8. The predicted octanol–water partition coefficient (Wildman–Crippen LogP) is 5.13. The summed E-state index contributed by atoms with van der Waals surface area (Å²) in [5, 5.41) is 0.0102. The molecule has 0 atom stereocenters. The summed E-state index contributed by atoms with van der Waals surface area (Å²) in [6.45, 7) is 6.86. The number of halogens is 1. The average molecular weight is 399 g/mol. The highest BCUT2D eigenvalue weighted by Crippen LogP contribution is 2.44. The second-order valence-corrected chi connectivity index (χ2v) is 6.54. The first kappa shape index (κ1) is 23.0. The average Bonchev–Trinajstić information content (AvgIpc) is 2.58. The van der Waals surface area contributed by atoms with Crippen LogP contribution in [0.3, 0.4) is 0 Å². The SMILES string of the molecule is CCCCCC(=O)c1c(OC(C)=O)cc(OCCCC)c(Cl)c1OC(C)=O. The molecule has 0 radical (unpaired) electrons. The number of hydrogen-bond donors (Lipinski definition) is 0. The number of carbonyl (C=O) groups excluding carboxylic acids is 3. The second kappa shape index (κ2) is 11.6. The minimum atomic E-state index is -0.640. The summed E-state index contributed by atoms with van der Waals surface area (Å²) >= 11 is 6.36. The van der Waals surface area contributed by atoms with Gasteiger partial charge in [0.1, 0.15) is 22.1 Å². The zero-order chi connectivity index (χ0) is 20.4. The summed E-state index contributed by atoms with van der Waals surface area (Å²) in [4.78, 5) is 35.9. The fourth-order valence-corrected chi connectivity index (χ4v) is 2.66. The normalized spacial score (nSPS) is 10.4. The van der Waals surface area contributed by atoms with Gasteiger partial charge in [-0.3, -0.25) is 14.4 Å². The lowest BCUT2D eigenvalue weighted by Gasteiger charge is -2.18. The molecular formula is C20H27ClO6. The standard InChI is InChI=1S/C20H27ClO6/c1-5-7-9-10-15(24)18-16(26-13(3)22)12-17(25-11-8-6-2)19(21)20(18)27-14(4)23/h12H,5-11H2,1-4H3. The first-order valence-corrected chi connectivity index (χ1v) is 9.58. The third kappa shape index (κ3) is 7.21. The van der Waals surface area contributed by atoms with Crippen molar-refractivity contribution in [2.24, 2.45) is 0 Å². The zero-order valence-corrected chi connectivity index (χ0v) is 17.1. The van der Waals surface area contributed by atoms with Crippen LogP contribution < -0.4 is 14.2 Å². The van der Waals surface area contributed by atoms with Crippen molar-refractivity contribution in [3.63, 3.8) is 0 Å². The molecule has 1 aromatic rings. The van der Waals surface area contributed by atoms with Gasteiger partial charge in [-0.15, -0.1) is 0 Å².